The lowest BCUT2D eigenvalue weighted by Crippen LogP contribution is -1.96. The molecule has 80 valence electrons. The van der Waals surface area contributed by atoms with Crippen LogP contribution in [0.4, 0.5) is 5.69 Å². The van der Waals surface area contributed by atoms with Gasteiger partial charge in [0.2, 0.25) is 16.9 Å². The minimum Gasteiger partial charge on any atom is -0.486 e. The Labute approximate surface area is 89.4 Å². The van der Waals surface area contributed by atoms with E-state index in [0.717, 1.165) is 5.56 Å². The zero-order chi connectivity index (χ0) is 11.3. The lowest BCUT2D eigenvalue weighted by Gasteiger charge is -2.05. The van der Waals surface area contributed by atoms with Crippen molar-refractivity contribution < 1.29 is 9.47 Å². The number of ether oxygens (including phenoxy) is 2. The molecule has 4 heteroatoms. The van der Waals surface area contributed by atoms with Gasteiger partial charge in [-0.25, -0.2) is 0 Å². The van der Waals surface area contributed by atoms with Gasteiger partial charge in [0.1, 0.15) is 0 Å². The quantitative estimate of drug-likeness (QED) is 0.712. The van der Waals surface area contributed by atoms with Crippen LogP contribution in [0.25, 0.3) is 4.98 Å². The van der Waals surface area contributed by atoms with Crippen molar-refractivity contribution in [1.82, 2.24) is 0 Å². The first-order valence-electron chi connectivity index (χ1n) is 4.98. The second-order valence-electron chi connectivity index (χ2n) is 3.08. The van der Waals surface area contributed by atoms with Crippen molar-refractivity contribution in [2.45, 2.75) is 20.8 Å². The van der Waals surface area contributed by atoms with Gasteiger partial charge in [0.05, 0.1) is 13.2 Å². The Morgan fingerprint density at radius 2 is 1.60 bits per heavy atom. The molecule has 0 heterocycles. The normalized spacial score (nSPS) is 9.47. The maximum Gasteiger partial charge on any atom is 0.467 e. The molecule has 0 aliphatic carbocycles. The standard InChI is InChI=1S/C11H15N2O2/c1-4-14-9-6-8(3)7-10(15-5-2)11(9)13-12/h6-7H,4-5H2,1-3H3/q+1. The van der Waals surface area contributed by atoms with Gasteiger partial charge in [0, 0.05) is 0 Å². The lowest BCUT2D eigenvalue weighted by atomic mass is 10.2. The Bertz CT molecular complexity index is 356. The number of hydrogen-bond donors (Lipinski definition) is 0. The molecule has 0 N–H and O–H groups in total. The number of diazo groups is 1. The van der Waals surface area contributed by atoms with Gasteiger partial charge in [-0.05, 0) is 38.5 Å². The number of hydrogen-bond acceptors (Lipinski definition) is 3. The summed E-state index contributed by atoms with van der Waals surface area (Å²) in [6.07, 6.45) is 0. The summed E-state index contributed by atoms with van der Waals surface area (Å²) in [6, 6.07) is 3.64. The fraction of sp³-hybridized carbons (Fsp3) is 0.455. The van der Waals surface area contributed by atoms with Crippen molar-refractivity contribution in [3.8, 4) is 11.5 Å². The summed E-state index contributed by atoms with van der Waals surface area (Å²) in [7, 11) is 0. The van der Waals surface area contributed by atoms with Crippen LogP contribution in [-0.4, -0.2) is 13.2 Å². The van der Waals surface area contributed by atoms with E-state index in [2.05, 4.69) is 4.98 Å². The molecule has 0 amide bonds. The second-order valence-corrected chi connectivity index (χ2v) is 3.08. The third-order valence-corrected chi connectivity index (χ3v) is 1.88. The van der Waals surface area contributed by atoms with E-state index < -0.39 is 0 Å². The molecule has 0 aliphatic rings. The third kappa shape index (κ3) is 2.59. The fourth-order valence-corrected chi connectivity index (χ4v) is 1.34. The molecule has 0 aromatic heterocycles. The number of benzene rings is 1. The van der Waals surface area contributed by atoms with Crippen LogP contribution in [0.1, 0.15) is 19.4 Å². The molecule has 0 radical (unpaired) electrons. The van der Waals surface area contributed by atoms with Gasteiger partial charge < -0.3 is 9.47 Å². The van der Waals surface area contributed by atoms with E-state index in [1.807, 2.05) is 32.9 Å². The van der Waals surface area contributed by atoms with Crippen LogP contribution in [0.15, 0.2) is 12.1 Å². The van der Waals surface area contributed by atoms with Crippen LogP contribution in [0.5, 0.6) is 11.5 Å². The Morgan fingerprint density at radius 1 is 1.13 bits per heavy atom. The summed E-state index contributed by atoms with van der Waals surface area (Å²) in [6.45, 7) is 6.74. The minimum atomic E-state index is 0.351. The van der Waals surface area contributed by atoms with Crippen molar-refractivity contribution in [3.05, 3.63) is 22.7 Å². The van der Waals surface area contributed by atoms with Crippen molar-refractivity contribution in [2.75, 3.05) is 13.2 Å². The van der Waals surface area contributed by atoms with Crippen molar-refractivity contribution in [1.29, 1.82) is 5.39 Å². The van der Waals surface area contributed by atoms with Gasteiger partial charge in [-0.2, -0.15) is 0 Å². The molecule has 15 heavy (non-hydrogen) atoms. The monoisotopic (exact) mass is 207 g/mol. The van der Waals surface area contributed by atoms with E-state index in [9.17, 15) is 0 Å². The molecule has 1 rings (SSSR count). The molecular weight excluding hydrogens is 192 g/mol. The Morgan fingerprint density at radius 3 is 1.93 bits per heavy atom. The van der Waals surface area contributed by atoms with Gasteiger partial charge >= 0.3 is 5.69 Å². The van der Waals surface area contributed by atoms with E-state index in [-0.39, 0.29) is 0 Å². The summed E-state index contributed by atoms with van der Waals surface area (Å²) in [4.78, 5) is 3.20. The maximum atomic E-state index is 8.91. The molecule has 0 bridgehead atoms. The first-order chi connectivity index (χ1) is 7.22. The van der Waals surface area contributed by atoms with Gasteiger partial charge in [0.15, 0.2) is 4.98 Å². The molecule has 0 aliphatic heterocycles. The highest BCUT2D eigenvalue weighted by molar-refractivity contribution is 5.67. The van der Waals surface area contributed by atoms with Crippen LogP contribution in [0.2, 0.25) is 0 Å². The topological polar surface area (TPSA) is 46.6 Å². The molecule has 1 aromatic carbocycles. The van der Waals surface area contributed by atoms with Crippen LogP contribution >= 0.6 is 0 Å². The predicted molar refractivity (Wildman–Crippen MR) is 58.3 cm³/mol. The van der Waals surface area contributed by atoms with Crippen LogP contribution < -0.4 is 9.47 Å². The molecule has 0 fully saturated rings. The second kappa shape index (κ2) is 5.20. The van der Waals surface area contributed by atoms with E-state index >= 15 is 0 Å². The average molecular weight is 207 g/mol. The lowest BCUT2D eigenvalue weighted by molar-refractivity contribution is 0.326. The van der Waals surface area contributed by atoms with E-state index in [0.29, 0.717) is 30.4 Å². The summed E-state index contributed by atoms with van der Waals surface area (Å²) in [5, 5.41) is 8.91. The molecule has 0 atom stereocenters. The highest BCUT2D eigenvalue weighted by Gasteiger charge is 2.23. The zero-order valence-electron chi connectivity index (χ0n) is 9.28. The molecule has 1 aromatic rings. The fourth-order valence-electron chi connectivity index (χ4n) is 1.34. The SMILES string of the molecule is CCOc1cc(C)cc(OCC)c1[N+]#N. The largest absolute Gasteiger partial charge is 0.486 e. The van der Waals surface area contributed by atoms with Crippen LogP contribution in [0.3, 0.4) is 0 Å². The van der Waals surface area contributed by atoms with E-state index in [4.69, 9.17) is 14.9 Å². The van der Waals surface area contributed by atoms with Crippen LogP contribution in [0, 0.1) is 12.3 Å². The maximum absolute atomic E-state index is 8.91. The number of nitrogens with zero attached hydrogens (tertiary/aromatic N) is 2. The minimum absolute atomic E-state index is 0.351. The highest BCUT2D eigenvalue weighted by Crippen LogP contribution is 2.38. The summed E-state index contributed by atoms with van der Waals surface area (Å²) in [5.41, 5.74) is 1.36. The zero-order valence-corrected chi connectivity index (χ0v) is 9.28. The average Bonchev–Trinajstić information content (AvgIpc) is 2.18. The van der Waals surface area contributed by atoms with Crippen LogP contribution in [-0.2, 0) is 0 Å². The predicted octanol–water partition coefficient (Wildman–Crippen LogP) is 3.28. The Balaban J connectivity index is 3.20. The molecule has 0 saturated heterocycles. The van der Waals surface area contributed by atoms with Gasteiger partial charge in [0.25, 0.3) is 0 Å². The van der Waals surface area contributed by atoms with Crippen molar-refractivity contribution >= 4 is 5.69 Å². The smallest absolute Gasteiger partial charge is 0.467 e. The Hall–Kier alpha value is -1.76. The van der Waals surface area contributed by atoms with Gasteiger partial charge in [-0.15, -0.1) is 0 Å². The van der Waals surface area contributed by atoms with Crippen molar-refractivity contribution in [3.63, 3.8) is 0 Å². The first-order valence-corrected chi connectivity index (χ1v) is 4.98. The Kier molecular flexibility index (Phi) is 3.92. The third-order valence-electron chi connectivity index (χ3n) is 1.88. The number of aryl methyl sites for hydroxylation is 1. The molecule has 4 nitrogen and oxygen atoms in total. The molecular formula is C11H15N2O2+. The molecule has 0 spiro atoms. The van der Waals surface area contributed by atoms with E-state index in [1.165, 1.54) is 0 Å². The summed E-state index contributed by atoms with van der Waals surface area (Å²) < 4.78 is 10.7. The first kappa shape index (κ1) is 11.3. The summed E-state index contributed by atoms with van der Waals surface area (Å²) >= 11 is 0. The van der Waals surface area contributed by atoms with Crippen molar-refractivity contribution in [2.24, 2.45) is 0 Å². The molecule has 0 unspecified atom stereocenters. The number of rotatable bonds is 4. The highest BCUT2D eigenvalue weighted by atomic mass is 16.5. The van der Waals surface area contributed by atoms with Gasteiger partial charge in [-0.1, -0.05) is 0 Å². The van der Waals surface area contributed by atoms with Gasteiger partial charge in [-0.3, -0.25) is 0 Å². The molecule has 0 saturated carbocycles. The summed E-state index contributed by atoms with van der Waals surface area (Å²) in [5.74, 6) is 1.09. The van der Waals surface area contributed by atoms with E-state index in [1.54, 1.807) is 0 Å².